The zero-order valence-corrected chi connectivity index (χ0v) is 20.4. The molecule has 2 heterocycles. The van der Waals surface area contributed by atoms with Gasteiger partial charge in [0.1, 0.15) is 0 Å². The molecule has 1 aromatic heterocycles. The topological polar surface area (TPSA) is 73.4 Å². The summed E-state index contributed by atoms with van der Waals surface area (Å²) >= 11 is 0. The van der Waals surface area contributed by atoms with Gasteiger partial charge < -0.3 is 20.4 Å². The van der Waals surface area contributed by atoms with Crippen molar-refractivity contribution >= 4 is 34.1 Å². The van der Waals surface area contributed by atoms with Crippen molar-refractivity contribution in [3.8, 4) is 11.1 Å². The Kier molecular flexibility index (Phi) is 5.99. The molecule has 1 aliphatic heterocycles. The number of hydrogen-bond acceptors (Lipinski definition) is 6. The minimum atomic E-state index is 0.00459. The maximum atomic E-state index is 12.2. The molecule has 7 heteroatoms. The Morgan fingerprint density at radius 1 is 0.889 bits per heavy atom. The molecule has 7 nitrogen and oxygen atoms in total. The largest absolute Gasteiger partial charge is 0.369 e. The van der Waals surface area contributed by atoms with Crippen molar-refractivity contribution in [1.29, 1.82) is 0 Å². The van der Waals surface area contributed by atoms with Gasteiger partial charge in [-0.1, -0.05) is 18.2 Å². The van der Waals surface area contributed by atoms with E-state index in [1.54, 1.807) is 0 Å². The average Bonchev–Trinajstić information content (AvgIpc) is 3.73. The van der Waals surface area contributed by atoms with Crippen molar-refractivity contribution in [2.75, 3.05) is 43.4 Å². The summed E-state index contributed by atoms with van der Waals surface area (Å²) in [4.78, 5) is 26.3. The first-order chi connectivity index (χ1) is 17.6. The van der Waals surface area contributed by atoms with Crippen molar-refractivity contribution in [3.05, 3.63) is 78.5 Å². The van der Waals surface area contributed by atoms with Gasteiger partial charge in [0, 0.05) is 60.7 Å². The first-order valence-corrected chi connectivity index (χ1v) is 12.6. The molecule has 0 radical (unpaired) electrons. The molecule has 0 spiro atoms. The molecule has 2 N–H and O–H groups in total. The Labute approximate surface area is 211 Å². The second-order valence-electron chi connectivity index (χ2n) is 9.75. The normalized spacial score (nSPS) is 16.2. The highest BCUT2D eigenvalue weighted by atomic mass is 16.1. The van der Waals surface area contributed by atoms with Crippen molar-refractivity contribution in [2.24, 2.45) is 0 Å². The molecule has 0 bridgehead atoms. The number of anilines is 3. The summed E-state index contributed by atoms with van der Waals surface area (Å²) in [6.45, 7) is 4.29. The summed E-state index contributed by atoms with van der Waals surface area (Å²) in [5.41, 5.74) is 5.92. The first kappa shape index (κ1) is 22.5. The predicted molar refractivity (Wildman–Crippen MR) is 145 cm³/mol. The zero-order chi connectivity index (χ0) is 24.5. The Morgan fingerprint density at radius 2 is 1.61 bits per heavy atom. The number of piperazine rings is 1. The molecular weight excluding hydrogens is 448 g/mol. The molecule has 1 saturated heterocycles. The van der Waals surface area contributed by atoms with Crippen LogP contribution in [-0.4, -0.2) is 60.0 Å². The van der Waals surface area contributed by atoms with Crippen LogP contribution in [0.4, 0.5) is 17.3 Å². The second kappa shape index (κ2) is 9.59. The Bertz CT molecular complexity index is 1370. The minimum absolute atomic E-state index is 0.00459. The highest BCUT2D eigenvalue weighted by Crippen LogP contribution is 2.26. The number of aromatic nitrogens is 2. The number of fused-ring (bicyclic) bond motifs is 1. The summed E-state index contributed by atoms with van der Waals surface area (Å²) in [5, 5.41) is 7.33. The monoisotopic (exact) mass is 478 g/mol. The van der Waals surface area contributed by atoms with Crippen molar-refractivity contribution < 1.29 is 4.79 Å². The number of carbonyl (C=O) groups excluding carboxylic acids is 1. The molecule has 2 fully saturated rings. The van der Waals surface area contributed by atoms with Gasteiger partial charge in [-0.05, 0) is 79.5 Å². The average molecular weight is 479 g/mol. The maximum absolute atomic E-state index is 12.2. The first-order valence-electron chi connectivity index (χ1n) is 12.6. The summed E-state index contributed by atoms with van der Waals surface area (Å²) in [6, 6.07) is 22.7. The third-order valence-electron chi connectivity index (χ3n) is 6.96. The number of nitrogens with zero attached hydrogens (tertiary/aromatic N) is 4. The van der Waals surface area contributed by atoms with E-state index >= 15 is 0 Å². The third-order valence-corrected chi connectivity index (χ3v) is 6.96. The number of carbonyl (C=O) groups is 1. The molecule has 1 aliphatic carbocycles. The highest BCUT2D eigenvalue weighted by Gasteiger charge is 2.23. The van der Waals surface area contributed by atoms with Gasteiger partial charge in [-0.2, -0.15) is 0 Å². The van der Waals surface area contributed by atoms with E-state index in [0.717, 1.165) is 66.7 Å². The Morgan fingerprint density at radius 3 is 2.33 bits per heavy atom. The van der Waals surface area contributed by atoms with Crippen LogP contribution >= 0.6 is 0 Å². The smallest absolute Gasteiger partial charge is 0.251 e. The molecule has 36 heavy (non-hydrogen) atoms. The van der Waals surface area contributed by atoms with E-state index in [9.17, 15) is 4.79 Å². The van der Waals surface area contributed by atoms with E-state index in [1.165, 1.54) is 5.69 Å². The molecule has 3 aromatic carbocycles. The molecule has 2 aliphatic rings. The van der Waals surface area contributed by atoms with Crippen LogP contribution in [0.5, 0.6) is 0 Å². The standard InChI is InChI=1S/C29H30N6O/c1-34-14-16-35(17-15-34)26-11-9-25(10-12-26)32-29-30-19-23-18-22(6-13-27(23)33-29)20-2-4-21(5-3-20)28(36)31-24-7-8-24/h2-6,9-13,18-19,24H,7-8,14-17H2,1H3,(H,31,36)(H,30,32,33). The van der Waals surface area contributed by atoms with Gasteiger partial charge in [0.2, 0.25) is 5.95 Å². The number of hydrogen-bond donors (Lipinski definition) is 2. The van der Waals surface area contributed by atoms with E-state index < -0.39 is 0 Å². The molecule has 6 rings (SSSR count). The van der Waals surface area contributed by atoms with Crippen LogP contribution in [0.1, 0.15) is 23.2 Å². The Balaban J connectivity index is 1.13. The maximum Gasteiger partial charge on any atom is 0.251 e. The number of amides is 1. The van der Waals surface area contributed by atoms with E-state index in [1.807, 2.05) is 36.5 Å². The SMILES string of the molecule is CN1CCN(c2ccc(Nc3ncc4cc(-c5ccc(C(=O)NC6CC6)cc5)ccc4n3)cc2)CC1. The van der Waals surface area contributed by atoms with Crippen LogP contribution in [0.15, 0.2) is 72.9 Å². The summed E-state index contributed by atoms with van der Waals surface area (Å²) in [7, 11) is 2.17. The van der Waals surface area contributed by atoms with Gasteiger partial charge >= 0.3 is 0 Å². The molecular formula is C29H30N6O. The van der Waals surface area contributed by atoms with Gasteiger partial charge in [-0.15, -0.1) is 0 Å². The number of likely N-dealkylation sites (N-methyl/N-ethyl adjacent to an activating group) is 1. The fourth-order valence-electron chi connectivity index (χ4n) is 4.53. The van der Waals surface area contributed by atoms with E-state index in [-0.39, 0.29) is 5.91 Å². The lowest BCUT2D eigenvalue weighted by atomic mass is 10.0. The van der Waals surface area contributed by atoms with Gasteiger partial charge in [0.15, 0.2) is 0 Å². The lowest BCUT2D eigenvalue weighted by Gasteiger charge is -2.34. The highest BCUT2D eigenvalue weighted by molar-refractivity contribution is 5.95. The molecule has 182 valence electrons. The van der Waals surface area contributed by atoms with Gasteiger partial charge in [-0.25, -0.2) is 9.97 Å². The number of rotatable bonds is 6. The van der Waals surface area contributed by atoms with Gasteiger partial charge in [-0.3, -0.25) is 4.79 Å². The number of nitrogens with one attached hydrogen (secondary N) is 2. The summed E-state index contributed by atoms with van der Waals surface area (Å²) in [5.74, 6) is 0.582. The van der Waals surface area contributed by atoms with Crippen molar-refractivity contribution in [3.63, 3.8) is 0 Å². The fourth-order valence-corrected chi connectivity index (χ4v) is 4.53. The molecule has 4 aromatic rings. The van der Waals surface area contributed by atoms with Crippen molar-refractivity contribution in [1.82, 2.24) is 20.2 Å². The lowest BCUT2D eigenvalue weighted by molar-refractivity contribution is 0.0951. The lowest BCUT2D eigenvalue weighted by Crippen LogP contribution is -2.44. The molecule has 0 atom stereocenters. The van der Waals surface area contributed by atoms with Crippen LogP contribution in [0, 0.1) is 0 Å². The van der Waals surface area contributed by atoms with E-state index in [2.05, 4.69) is 68.9 Å². The van der Waals surface area contributed by atoms with Crippen LogP contribution < -0.4 is 15.5 Å². The van der Waals surface area contributed by atoms with E-state index in [0.29, 0.717) is 17.6 Å². The van der Waals surface area contributed by atoms with Crippen molar-refractivity contribution in [2.45, 2.75) is 18.9 Å². The third kappa shape index (κ3) is 5.02. The van der Waals surface area contributed by atoms with E-state index in [4.69, 9.17) is 4.98 Å². The Hall–Kier alpha value is -3.97. The fraction of sp³-hybridized carbons (Fsp3) is 0.276. The molecule has 1 saturated carbocycles. The molecule has 1 amide bonds. The molecule has 0 unspecified atom stereocenters. The van der Waals surface area contributed by atoms with Crippen LogP contribution in [0.2, 0.25) is 0 Å². The van der Waals surface area contributed by atoms with Gasteiger partial charge in [0.05, 0.1) is 5.52 Å². The van der Waals surface area contributed by atoms with Gasteiger partial charge in [0.25, 0.3) is 5.91 Å². The van der Waals surface area contributed by atoms with Crippen LogP contribution in [0.25, 0.3) is 22.0 Å². The predicted octanol–water partition coefficient (Wildman–Crippen LogP) is 4.68. The zero-order valence-electron chi connectivity index (χ0n) is 20.4. The summed E-state index contributed by atoms with van der Waals surface area (Å²) in [6.07, 6.45) is 4.02. The summed E-state index contributed by atoms with van der Waals surface area (Å²) < 4.78 is 0. The minimum Gasteiger partial charge on any atom is -0.369 e. The quantitative estimate of drug-likeness (QED) is 0.419. The van der Waals surface area contributed by atoms with Crippen LogP contribution in [-0.2, 0) is 0 Å². The second-order valence-corrected chi connectivity index (χ2v) is 9.75. The number of benzene rings is 3. The van der Waals surface area contributed by atoms with Crippen LogP contribution in [0.3, 0.4) is 0 Å².